The summed E-state index contributed by atoms with van der Waals surface area (Å²) in [4.78, 5) is 0. The predicted molar refractivity (Wildman–Crippen MR) is 58.9 cm³/mol. The second kappa shape index (κ2) is 6.35. The maximum atomic E-state index is 3.36. The van der Waals surface area contributed by atoms with Crippen molar-refractivity contribution in [3.8, 4) is 0 Å². The van der Waals surface area contributed by atoms with Gasteiger partial charge in [0.05, 0.1) is 5.66 Å². The molecule has 0 aliphatic heterocycles. The predicted octanol–water partition coefficient (Wildman–Crippen LogP) is 0.920. The third-order valence-corrected chi connectivity index (χ3v) is 3.06. The van der Waals surface area contributed by atoms with E-state index < -0.39 is 0 Å². The van der Waals surface area contributed by atoms with Crippen LogP contribution in [0.25, 0.3) is 0 Å². The van der Waals surface area contributed by atoms with Gasteiger partial charge in [0, 0.05) is 6.04 Å². The minimum Gasteiger partial charge on any atom is -0.317 e. The van der Waals surface area contributed by atoms with Crippen molar-refractivity contribution in [2.24, 2.45) is 0 Å². The van der Waals surface area contributed by atoms with E-state index >= 15 is 0 Å². The van der Waals surface area contributed by atoms with E-state index in [1.807, 2.05) is 21.1 Å². The second-order valence-corrected chi connectivity index (χ2v) is 3.66. The molecule has 0 saturated carbocycles. The summed E-state index contributed by atoms with van der Waals surface area (Å²) in [5.74, 6) is 0. The number of hydrogen-bond donors (Lipinski definition) is 3. The number of hydrogen-bond acceptors (Lipinski definition) is 3. The third kappa shape index (κ3) is 4.07. The van der Waals surface area contributed by atoms with Crippen molar-refractivity contribution in [3.05, 3.63) is 0 Å². The van der Waals surface area contributed by atoms with Crippen LogP contribution in [0.2, 0.25) is 0 Å². The van der Waals surface area contributed by atoms with Gasteiger partial charge in [0.25, 0.3) is 0 Å². The molecule has 3 nitrogen and oxygen atoms in total. The molecule has 0 spiro atoms. The van der Waals surface area contributed by atoms with Gasteiger partial charge in [-0.05, 0) is 47.3 Å². The smallest absolute Gasteiger partial charge is 0.0680 e. The highest BCUT2D eigenvalue weighted by Gasteiger charge is 2.23. The molecule has 3 N–H and O–H groups in total. The van der Waals surface area contributed by atoms with Crippen molar-refractivity contribution >= 4 is 0 Å². The Hall–Kier alpha value is -0.120. The Bertz CT molecular complexity index is 113. The van der Waals surface area contributed by atoms with Crippen LogP contribution in [-0.2, 0) is 0 Å². The molecule has 0 aromatic rings. The van der Waals surface area contributed by atoms with E-state index in [2.05, 4.69) is 29.8 Å². The summed E-state index contributed by atoms with van der Waals surface area (Å²) >= 11 is 0. The molecule has 0 saturated heterocycles. The van der Waals surface area contributed by atoms with Crippen molar-refractivity contribution in [1.29, 1.82) is 0 Å². The lowest BCUT2D eigenvalue weighted by molar-refractivity contribution is 0.248. The fourth-order valence-corrected chi connectivity index (χ4v) is 1.51. The maximum absolute atomic E-state index is 3.36. The van der Waals surface area contributed by atoms with E-state index in [0.29, 0.717) is 6.04 Å². The van der Waals surface area contributed by atoms with Crippen molar-refractivity contribution in [1.82, 2.24) is 16.0 Å². The second-order valence-electron chi connectivity index (χ2n) is 3.66. The summed E-state index contributed by atoms with van der Waals surface area (Å²) in [6.07, 6.45) is 3.45. The van der Waals surface area contributed by atoms with Gasteiger partial charge in [-0.2, -0.15) is 0 Å². The van der Waals surface area contributed by atoms with Gasteiger partial charge in [-0.3, -0.25) is 0 Å². The average Bonchev–Trinajstić information content (AvgIpc) is 2.20. The molecule has 0 radical (unpaired) electrons. The largest absolute Gasteiger partial charge is 0.317 e. The minimum atomic E-state index is 0.116. The molecular weight excluding hydrogens is 162 g/mol. The highest BCUT2D eigenvalue weighted by atomic mass is 15.2. The van der Waals surface area contributed by atoms with Gasteiger partial charge in [0.2, 0.25) is 0 Å². The minimum absolute atomic E-state index is 0.116. The lowest BCUT2D eigenvalue weighted by Crippen LogP contribution is -2.53. The maximum Gasteiger partial charge on any atom is 0.0680 e. The molecule has 0 aromatic heterocycles. The Balaban J connectivity index is 3.95. The number of rotatable bonds is 7. The molecule has 1 atom stereocenters. The summed E-state index contributed by atoms with van der Waals surface area (Å²) in [5, 5.41) is 9.97. The van der Waals surface area contributed by atoms with Crippen LogP contribution in [0.1, 0.15) is 33.1 Å². The molecule has 3 heteroatoms. The summed E-state index contributed by atoms with van der Waals surface area (Å²) in [6.45, 7) is 4.42. The highest BCUT2D eigenvalue weighted by molar-refractivity contribution is 4.82. The molecule has 0 amide bonds. The molecule has 13 heavy (non-hydrogen) atoms. The standard InChI is InChI=1S/C10H25N3/c1-6-10(12-4,13-5)8-7-9(2)11-3/h9,11-13H,6-8H2,1-5H3. The van der Waals surface area contributed by atoms with E-state index in [1.165, 1.54) is 6.42 Å². The zero-order valence-corrected chi connectivity index (χ0v) is 9.70. The molecule has 0 bridgehead atoms. The van der Waals surface area contributed by atoms with Crippen molar-refractivity contribution in [2.45, 2.75) is 44.8 Å². The molecule has 0 heterocycles. The van der Waals surface area contributed by atoms with Gasteiger partial charge < -0.3 is 16.0 Å². The summed E-state index contributed by atoms with van der Waals surface area (Å²) in [6, 6.07) is 0.590. The first-order valence-corrected chi connectivity index (χ1v) is 5.19. The van der Waals surface area contributed by atoms with Crippen molar-refractivity contribution < 1.29 is 0 Å². The molecule has 0 aliphatic carbocycles. The first-order valence-electron chi connectivity index (χ1n) is 5.19. The van der Waals surface area contributed by atoms with Gasteiger partial charge in [-0.1, -0.05) is 6.92 Å². The highest BCUT2D eigenvalue weighted by Crippen LogP contribution is 2.14. The molecule has 1 unspecified atom stereocenters. The monoisotopic (exact) mass is 187 g/mol. The van der Waals surface area contributed by atoms with Crippen molar-refractivity contribution in [2.75, 3.05) is 21.1 Å². The van der Waals surface area contributed by atoms with Crippen molar-refractivity contribution in [3.63, 3.8) is 0 Å². The van der Waals surface area contributed by atoms with Gasteiger partial charge in [0.1, 0.15) is 0 Å². The average molecular weight is 187 g/mol. The lowest BCUT2D eigenvalue weighted by Gasteiger charge is -2.33. The number of nitrogens with one attached hydrogen (secondary N) is 3. The van der Waals surface area contributed by atoms with Crippen LogP contribution in [0.3, 0.4) is 0 Å². The Morgan fingerprint density at radius 2 is 1.69 bits per heavy atom. The van der Waals surface area contributed by atoms with Gasteiger partial charge in [-0.15, -0.1) is 0 Å². The molecule has 0 aromatic carbocycles. The first kappa shape index (κ1) is 12.9. The fraction of sp³-hybridized carbons (Fsp3) is 1.00. The van der Waals surface area contributed by atoms with Crippen LogP contribution in [0.15, 0.2) is 0 Å². The zero-order chi connectivity index (χ0) is 10.3. The normalized spacial score (nSPS) is 14.5. The quantitative estimate of drug-likeness (QED) is 0.519. The van der Waals surface area contributed by atoms with Crippen LogP contribution in [0.5, 0.6) is 0 Å². The SMILES string of the molecule is CCC(CCC(C)NC)(NC)NC. The van der Waals surface area contributed by atoms with Gasteiger partial charge in [0.15, 0.2) is 0 Å². The molecule has 0 rings (SSSR count). The molecule has 80 valence electrons. The lowest BCUT2D eigenvalue weighted by atomic mass is 9.98. The molecule has 0 aliphatic rings. The van der Waals surface area contributed by atoms with Crippen LogP contribution in [0.4, 0.5) is 0 Å². The fourth-order valence-electron chi connectivity index (χ4n) is 1.51. The summed E-state index contributed by atoms with van der Waals surface area (Å²) < 4.78 is 0. The third-order valence-electron chi connectivity index (χ3n) is 3.06. The molecule has 0 fully saturated rings. The Morgan fingerprint density at radius 3 is 2.00 bits per heavy atom. The van der Waals surface area contributed by atoms with E-state index in [9.17, 15) is 0 Å². The van der Waals surface area contributed by atoms with Crippen LogP contribution >= 0.6 is 0 Å². The van der Waals surface area contributed by atoms with Gasteiger partial charge >= 0.3 is 0 Å². The van der Waals surface area contributed by atoms with E-state index in [4.69, 9.17) is 0 Å². The zero-order valence-electron chi connectivity index (χ0n) is 9.70. The van der Waals surface area contributed by atoms with E-state index in [-0.39, 0.29) is 5.66 Å². The topological polar surface area (TPSA) is 36.1 Å². The summed E-state index contributed by atoms with van der Waals surface area (Å²) in [7, 11) is 6.05. The Kier molecular flexibility index (Phi) is 6.29. The summed E-state index contributed by atoms with van der Waals surface area (Å²) in [5.41, 5.74) is 0.116. The Morgan fingerprint density at radius 1 is 1.15 bits per heavy atom. The Labute approximate surface area is 82.7 Å². The van der Waals surface area contributed by atoms with E-state index in [0.717, 1.165) is 12.8 Å². The van der Waals surface area contributed by atoms with Crippen LogP contribution < -0.4 is 16.0 Å². The first-order chi connectivity index (χ1) is 6.14. The molecular formula is C10H25N3. The van der Waals surface area contributed by atoms with Gasteiger partial charge in [-0.25, -0.2) is 0 Å². The van der Waals surface area contributed by atoms with Crippen LogP contribution in [-0.4, -0.2) is 32.8 Å². The van der Waals surface area contributed by atoms with E-state index in [1.54, 1.807) is 0 Å². The van der Waals surface area contributed by atoms with Crippen LogP contribution in [0, 0.1) is 0 Å².